The van der Waals surface area contributed by atoms with Crippen LogP contribution < -0.4 is 0 Å². The summed E-state index contributed by atoms with van der Waals surface area (Å²) in [5, 5.41) is 0. The van der Waals surface area contributed by atoms with Crippen molar-refractivity contribution < 1.29 is 9.53 Å². The first-order valence-electron chi connectivity index (χ1n) is 6.90. The third kappa shape index (κ3) is 10.0. The topological polar surface area (TPSA) is 26.3 Å². The van der Waals surface area contributed by atoms with Gasteiger partial charge in [0.25, 0.3) is 0 Å². The lowest BCUT2D eigenvalue weighted by Crippen LogP contribution is -2.13. The second-order valence-corrected chi connectivity index (χ2v) is 4.58. The molecule has 0 aromatic heterocycles. The molecule has 0 aromatic carbocycles. The normalized spacial score (nSPS) is 12.4. The van der Waals surface area contributed by atoms with Crippen molar-refractivity contribution in [2.24, 2.45) is 0 Å². The van der Waals surface area contributed by atoms with Crippen molar-refractivity contribution in [2.45, 2.75) is 84.7 Å². The molecule has 0 saturated carbocycles. The van der Waals surface area contributed by atoms with Crippen molar-refractivity contribution in [1.29, 1.82) is 0 Å². The molecule has 0 spiro atoms. The number of hydrogen-bond acceptors (Lipinski definition) is 2. The van der Waals surface area contributed by atoms with Crippen LogP contribution in [0.15, 0.2) is 0 Å². The zero-order valence-electron chi connectivity index (χ0n) is 11.3. The molecule has 0 N–H and O–H groups in total. The number of carbonyl (C=O) groups excluding carboxylic acids is 1. The Balaban J connectivity index is 3.21. The van der Waals surface area contributed by atoms with Gasteiger partial charge in [-0.25, -0.2) is 0 Å². The molecule has 0 radical (unpaired) electrons. The highest BCUT2D eigenvalue weighted by Gasteiger charge is 2.06. The van der Waals surface area contributed by atoms with E-state index in [0.717, 1.165) is 12.8 Å². The van der Waals surface area contributed by atoms with Gasteiger partial charge in [0.05, 0.1) is 6.10 Å². The molecule has 1 atom stereocenters. The Hall–Kier alpha value is -0.530. The largest absolute Gasteiger partial charge is 0.463 e. The number of unbranched alkanes of at least 4 members (excludes halogenated alkanes) is 6. The summed E-state index contributed by atoms with van der Waals surface area (Å²) < 4.78 is 5.21. The molecule has 0 aromatic rings. The molecule has 2 nitrogen and oxygen atoms in total. The van der Waals surface area contributed by atoms with E-state index in [2.05, 4.69) is 6.92 Å². The Morgan fingerprint density at radius 2 is 1.56 bits per heavy atom. The number of esters is 1. The Bertz CT molecular complexity index is 166. The molecule has 0 rings (SSSR count). The van der Waals surface area contributed by atoms with Crippen LogP contribution >= 0.6 is 0 Å². The molecule has 0 fully saturated rings. The number of ether oxygens (including phenoxy) is 1. The van der Waals surface area contributed by atoms with Crippen LogP contribution in [0.3, 0.4) is 0 Å². The predicted octanol–water partition coefficient (Wildman–Crippen LogP) is 4.47. The summed E-state index contributed by atoms with van der Waals surface area (Å²) in [5.74, 6) is -0.0251. The highest BCUT2D eigenvalue weighted by atomic mass is 16.5. The van der Waals surface area contributed by atoms with Crippen LogP contribution in [0, 0.1) is 0 Å². The van der Waals surface area contributed by atoms with Gasteiger partial charge in [0.1, 0.15) is 0 Å². The van der Waals surface area contributed by atoms with E-state index in [-0.39, 0.29) is 12.1 Å². The third-order valence-corrected chi connectivity index (χ3v) is 2.89. The van der Waals surface area contributed by atoms with Gasteiger partial charge >= 0.3 is 5.97 Å². The van der Waals surface area contributed by atoms with E-state index < -0.39 is 0 Å². The van der Waals surface area contributed by atoms with Crippen molar-refractivity contribution in [3.8, 4) is 0 Å². The molecule has 0 amide bonds. The highest BCUT2D eigenvalue weighted by Crippen LogP contribution is 2.09. The molecule has 16 heavy (non-hydrogen) atoms. The lowest BCUT2D eigenvalue weighted by molar-refractivity contribution is -0.148. The van der Waals surface area contributed by atoms with Crippen molar-refractivity contribution in [3.05, 3.63) is 0 Å². The van der Waals surface area contributed by atoms with Gasteiger partial charge in [0.15, 0.2) is 0 Å². The summed E-state index contributed by atoms with van der Waals surface area (Å²) in [6, 6.07) is 0. The van der Waals surface area contributed by atoms with Gasteiger partial charge in [-0.2, -0.15) is 0 Å². The average Bonchev–Trinajstić information content (AvgIpc) is 2.27. The second kappa shape index (κ2) is 11.0. The maximum atomic E-state index is 11.3. The van der Waals surface area contributed by atoms with E-state index in [0.29, 0.717) is 6.42 Å². The van der Waals surface area contributed by atoms with E-state index in [9.17, 15) is 4.79 Å². The summed E-state index contributed by atoms with van der Waals surface area (Å²) in [6.07, 6.45) is 10.3. The molecule has 0 aliphatic carbocycles. The molecule has 0 heterocycles. The summed E-state index contributed by atoms with van der Waals surface area (Å²) >= 11 is 0. The van der Waals surface area contributed by atoms with Crippen molar-refractivity contribution in [2.75, 3.05) is 0 Å². The standard InChI is InChI=1S/C14H28O2/c1-4-6-7-8-9-10-11-12-14(15)16-13(3)5-2/h13H,4-12H2,1-3H3/t13-/m1/s1. The van der Waals surface area contributed by atoms with E-state index in [1.54, 1.807) is 0 Å². The van der Waals surface area contributed by atoms with Gasteiger partial charge < -0.3 is 4.74 Å². The third-order valence-electron chi connectivity index (χ3n) is 2.89. The Kier molecular flexibility index (Phi) is 10.6. The van der Waals surface area contributed by atoms with Gasteiger partial charge in [0, 0.05) is 6.42 Å². The Morgan fingerprint density at radius 3 is 2.12 bits per heavy atom. The van der Waals surface area contributed by atoms with Gasteiger partial charge in [-0.15, -0.1) is 0 Å². The van der Waals surface area contributed by atoms with Crippen molar-refractivity contribution in [1.82, 2.24) is 0 Å². The maximum Gasteiger partial charge on any atom is 0.306 e. The zero-order valence-corrected chi connectivity index (χ0v) is 11.3. The van der Waals surface area contributed by atoms with Gasteiger partial charge in [-0.3, -0.25) is 4.79 Å². The quantitative estimate of drug-likeness (QED) is 0.407. The molecule has 0 aliphatic heterocycles. The summed E-state index contributed by atoms with van der Waals surface area (Å²) in [4.78, 5) is 11.3. The number of rotatable bonds is 10. The zero-order chi connectivity index (χ0) is 12.2. The van der Waals surface area contributed by atoms with Crippen LogP contribution in [0.2, 0.25) is 0 Å². The molecule has 2 heteroatoms. The molecular weight excluding hydrogens is 200 g/mol. The predicted molar refractivity (Wildman–Crippen MR) is 68.5 cm³/mol. The summed E-state index contributed by atoms with van der Waals surface area (Å²) in [7, 11) is 0. The Labute approximate surface area is 101 Å². The van der Waals surface area contributed by atoms with Gasteiger partial charge in [0.2, 0.25) is 0 Å². The van der Waals surface area contributed by atoms with Crippen LogP contribution in [-0.4, -0.2) is 12.1 Å². The molecule has 0 saturated heterocycles. The number of hydrogen-bond donors (Lipinski definition) is 0. The summed E-state index contributed by atoms with van der Waals surface area (Å²) in [6.45, 7) is 6.21. The van der Waals surface area contributed by atoms with Crippen molar-refractivity contribution >= 4 is 5.97 Å². The van der Waals surface area contributed by atoms with E-state index in [4.69, 9.17) is 4.74 Å². The summed E-state index contributed by atoms with van der Waals surface area (Å²) in [5.41, 5.74) is 0. The molecule has 0 aliphatic rings. The van der Waals surface area contributed by atoms with Crippen LogP contribution in [-0.2, 0) is 9.53 Å². The molecule has 0 unspecified atom stereocenters. The Morgan fingerprint density at radius 1 is 1.00 bits per heavy atom. The fourth-order valence-electron chi connectivity index (χ4n) is 1.59. The minimum absolute atomic E-state index is 0.0251. The SMILES string of the molecule is CCCCCCCCCC(=O)O[C@H](C)CC. The lowest BCUT2D eigenvalue weighted by Gasteiger charge is -2.10. The first kappa shape index (κ1) is 15.5. The van der Waals surface area contributed by atoms with Crippen molar-refractivity contribution in [3.63, 3.8) is 0 Å². The fraction of sp³-hybridized carbons (Fsp3) is 0.929. The molecular formula is C14H28O2. The first-order chi connectivity index (χ1) is 7.70. The first-order valence-corrected chi connectivity index (χ1v) is 6.90. The molecule has 96 valence electrons. The maximum absolute atomic E-state index is 11.3. The van der Waals surface area contributed by atoms with Crippen LogP contribution in [0.4, 0.5) is 0 Å². The number of carbonyl (C=O) groups is 1. The minimum atomic E-state index is -0.0251. The van der Waals surface area contributed by atoms with E-state index in [1.165, 1.54) is 38.5 Å². The van der Waals surface area contributed by atoms with Gasteiger partial charge in [-0.05, 0) is 19.8 Å². The monoisotopic (exact) mass is 228 g/mol. The molecule has 0 bridgehead atoms. The minimum Gasteiger partial charge on any atom is -0.463 e. The van der Waals surface area contributed by atoms with E-state index >= 15 is 0 Å². The smallest absolute Gasteiger partial charge is 0.306 e. The van der Waals surface area contributed by atoms with Crippen LogP contribution in [0.1, 0.15) is 78.6 Å². The van der Waals surface area contributed by atoms with Crippen LogP contribution in [0.25, 0.3) is 0 Å². The lowest BCUT2D eigenvalue weighted by atomic mass is 10.1. The van der Waals surface area contributed by atoms with Gasteiger partial charge in [-0.1, -0.05) is 52.4 Å². The average molecular weight is 228 g/mol. The fourth-order valence-corrected chi connectivity index (χ4v) is 1.59. The van der Waals surface area contributed by atoms with E-state index in [1.807, 2.05) is 13.8 Å². The second-order valence-electron chi connectivity index (χ2n) is 4.58. The highest BCUT2D eigenvalue weighted by molar-refractivity contribution is 5.69. The van der Waals surface area contributed by atoms with Crippen LogP contribution in [0.5, 0.6) is 0 Å².